The molecule has 2 aliphatic rings. The van der Waals surface area contributed by atoms with Crippen LogP contribution in [0.3, 0.4) is 0 Å². The summed E-state index contributed by atoms with van der Waals surface area (Å²) >= 11 is 6.25. The van der Waals surface area contributed by atoms with E-state index in [4.69, 9.17) is 44.7 Å². The standard InChI is InChI=1S/C78H100ClN17O13/c1-46(2)37-60(69(100)88-59(15-9-31-85-77(82)83)76(107)96-32-10-16-66(96)75(106)86-47(3)67(81)98)90-71(102)63(41-49-17-19-52(20-18-49)44-95-33-35-109-36-34-95)92-72(103)64(43-51-24-29-57(30-25-51)87-78(84)108)93-74(105)65(45-97)94-73(104)62(40-48-11-5-4-6-12-48)91-70(101)61(42-50-22-27-56(79)28-23-50)89-68(99)58(80)39-53-21-26-54-13-7-8-14-55(54)38-53/h4-8,11-14,17-30,38,46-47,58-66,97H,9-10,15-16,31-37,39-45,80H2,1-3H3,(H2,81,98)(H,86,106)(H,88,100)(H,89,99)(H,90,102)(H,91,101)(H,92,103)(H,93,105)(H,94,104)(H4,82,83,85)(H3,84,87,108)/t47-,58-,59+,60+,61-,62-,63-,64+,65+,66+/m1/s1. The molecule has 31 heteroatoms. The van der Waals surface area contributed by atoms with Gasteiger partial charge in [0.25, 0.3) is 0 Å². The van der Waals surface area contributed by atoms with Crippen LogP contribution in [0.5, 0.6) is 0 Å². The number of guanidine groups is 1. The summed E-state index contributed by atoms with van der Waals surface area (Å²) in [5, 5.41) is 48.1. The number of halogens is 1. The summed E-state index contributed by atoms with van der Waals surface area (Å²) in [6.07, 6.45) is 0.218. The van der Waals surface area contributed by atoms with Gasteiger partial charge in [-0.25, -0.2) is 4.79 Å². The van der Waals surface area contributed by atoms with E-state index in [1.807, 2.05) is 54.6 Å². The first-order valence-corrected chi connectivity index (χ1v) is 36.8. The monoisotopic (exact) mass is 1520 g/mol. The highest BCUT2D eigenvalue weighted by atomic mass is 35.5. The number of nitrogens with two attached hydrogens (primary N) is 4. The Bertz CT molecular complexity index is 4130. The second-order valence-electron chi connectivity index (χ2n) is 27.9. The number of aliphatic hydroxyl groups is 1. The molecule has 6 aromatic carbocycles. The molecule has 109 heavy (non-hydrogen) atoms. The Morgan fingerprint density at radius 2 is 1.00 bits per heavy atom. The third kappa shape index (κ3) is 26.4. The fourth-order valence-corrected chi connectivity index (χ4v) is 13.0. The number of morpholine rings is 1. The minimum atomic E-state index is -1.82. The quantitative estimate of drug-likeness (QED) is 0.0148. The van der Waals surface area contributed by atoms with Gasteiger partial charge in [0.2, 0.25) is 59.1 Å². The fraction of sp³-hybridized carbons (Fsp3) is 0.410. The maximum absolute atomic E-state index is 15.4. The van der Waals surface area contributed by atoms with Gasteiger partial charge in [-0.05, 0) is 120 Å². The Morgan fingerprint density at radius 1 is 0.532 bits per heavy atom. The van der Waals surface area contributed by atoms with E-state index in [1.165, 1.54) is 24.0 Å². The van der Waals surface area contributed by atoms with Crippen LogP contribution in [0.15, 0.2) is 146 Å². The molecule has 2 fully saturated rings. The molecule has 0 aliphatic carbocycles. The number of nitrogens with one attached hydrogen (secondary N) is 11. The number of fused-ring (bicyclic) bond motifs is 1. The number of anilines is 1. The van der Waals surface area contributed by atoms with Crippen molar-refractivity contribution in [2.75, 3.05) is 51.3 Å². The molecule has 2 heterocycles. The summed E-state index contributed by atoms with van der Waals surface area (Å²) in [4.78, 5) is 160. The zero-order chi connectivity index (χ0) is 78.7. The topological polar surface area (TPSA) is 472 Å². The van der Waals surface area contributed by atoms with E-state index in [0.29, 0.717) is 66.5 Å². The van der Waals surface area contributed by atoms with Gasteiger partial charge < -0.3 is 90.8 Å². The molecular formula is C78H100ClN17O13. The minimum Gasteiger partial charge on any atom is -0.394 e. The molecule has 0 spiro atoms. The molecule has 0 radical (unpaired) electrons. The first-order valence-electron chi connectivity index (χ1n) is 36.4. The lowest BCUT2D eigenvalue weighted by Gasteiger charge is -2.31. The second kappa shape index (κ2) is 41.3. The first-order chi connectivity index (χ1) is 52.2. The van der Waals surface area contributed by atoms with Gasteiger partial charge in [-0.3, -0.25) is 58.3 Å². The molecule has 582 valence electrons. The third-order valence-corrected chi connectivity index (χ3v) is 19.0. The van der Waals surface area contributed by atoms with Gasteiger partial charge in [0.15, 0.2) is 5.96 Å². The minimum absolute atomic E-state index is 0.00700. The maximum atomic E-state index is 15.4. The lowest BCUT2D eigenvalue weighted by molar-refractivity contribution is -0.142. The van der Waals surface area contributed by atoms with Crippen LogP contribution in [0.25, 0.3) is 10.8 Å². The third-order valence-electron chi connectivity index (χ3n) is 18.8. The number of carbonyl (C=O) groups is 11. The number of aliphatic hydroxyl groups excluding tert-OH is 1. The number of urea groups is 1. The molecule has 12 amide bonds. The van der Waals surface area contributed by atoms with E-state index in [0.717, 1.165) is 21.9 Å². The van der Waals surface area contributed by atoms with E-state index in [9.17, 15) is 48.3 Å². The SMILES string of the molecule is CC(C)C[C@H](NC(=O)[C@@H](Cc1ccc(CN2CCOCC2)cc1)NC(=O)[C@H](Cc1ccc(NC(N)=O)cc1)NC(=O)[C@H](CO)NC(=O)[C@@H](Cc1ccccc1)NC(=O)[C@@H](Cc1ccc(Cl)cc1)NC(=O)[C@H](N)Cc1ccc2ccccc2c1)C(=O)N[C@@H](CCCNC(=N)N)C(=O)N1CCC[C@H]1C(=O)N[C@H](C)C(N)=O. The number of ether oxygens (including phenoxy) is 1. The number of nitrogens with zero attached hydrogens (tertiary/aromatic N) is 2. The smallest absolute Gasteiger partial charge is 0.316 e. The average Bonchev–Trinajstić information content (AvgIpc) is 1.82. The average molecular weight is 1520 g/mol. The van der Waals surface area contributed by atoms with Gasteiger partial charge in [-0.15, -0.1) is 0 Å². The van der Waals surface area contributed by atoms with Gasteiger partial charge in [0.05, 0.1) is 25.9 Å². The zero-order valence-corrected chi connectivity index (χ0v) is 62.1. The van der Waals surface area contributed by atoms with Crippen LogP contribution in [0.2, 0.25) is 5.02 Å². The summed E-state index contributed by atoms with van der Waals surface area (Å²) in [6.45, 7) is 7.40. The van der Waals surface area contributed by atoms with Crippen molar-refractivity contribution in [2.24, 2.45) is 28.9 Å². The highest BCUT2D eigenvalue weighted by Gasteiger charge is 2.40. The molecule has 0 bridgehead atoms. The van der Waals surface area contributed by atoms with Crippen molar-refractivity contribution in [1.82, 2.24) is 57.7 Å². The Hall–Kier alpha value is -11.0. The normalized spacial score (nSPS) is 16.1. The van der Waals surface area contributed by atoms with Crippen molar-refractivity contribution >= 4 is 99.1 Å². The number of primary amides is 2. The highest BCUT2D eigenvalue weighted by Crippen LogP contribution is 2.23. The predicted molar refractivity (Wildman–Crippen MR) is 411 cm³/mol. The molecule has 30 nitrogen and oxygen atoms in total. The predicted octanol–water partition coefficient (Wildman–Crippen LogP) is 1.33. The zero-order valence-electron chi connectivity index (χ0n) is 61.4. The lowest BCUT2D eigenvalue weighted by Crippen LogP contribution is -2.61. The number of hydrogen-bond donors (Lipinski definition) is 16. The molecule has 0 saturated carbocycles. The van der Waals surface area contributed by atoms with Crippen LogP contribution in [-0.2, 0) is 91.3 Å². The van der Waals surface area contributed by atoms with Gasteiger partial charge in [0.1, 0.15) is 54.4 Å². The van der Waals surface area contributed by atoms with Gasteiger partial charge in [-0.1, -0.05) is 147 Å². The van der Waals surface area contributed by atoms with Crippen LogP contribution < -0.4 is 76.1 Å². The van der Waals surface area contributed by atoms with Gasteiger partial charge >= 0.3 is 6.03 Å². The second-order valence-corrected chi connectivity index (χ2v) is 28.3. The largest absolute Gasteiger partial charge is 0.394 e. The van der Waals surface area contributed by atoms with Crippen LogP contribution in [0.1, 0.15) is 86.3 Å². The summed E-state index contributed by atoms with van der Waals surface area (Å²) in [5.74, 6) is -8.77. The Morgan fingerprint density at radius 3 is 1.54 bits per heavy atom. The molecule has 2 aliphatic heterocycles. The molecule has 0 unspecified atom stereocenters. The van der Waals surface area contributed by atoms with Crippen molar-refractivity contribution in [3.8, 4) is 0 Å². The summed E-state index contributed by atoms with van der Waals surface area (Å²) in [5.41, 5.74) is 27.1. The van der Waals surface area contributed by atoms with E-state index in [1.54, 1.807) is 92.7 Å². The van der Waals surface area contributed by atoms with Gasteiger partial charge in [-0.2, -0.15) is 0 Å². The van der Waals surface area contributed by atoms with Crippen molar-refractivity contribution < 1.29 is 62.6 Å². The van der Waals surface area contributed by atoms with Crippen LogP contribution in [0.4, 0.5) is 10.5 Å². The van der Waals surface area contributed by atoms with Gasteiger partial charge in [0, 0.05) is 69.1 Å². The summed E-state index contributed by atoms with van der Waals surface area (Å²) in [6, 6.07) is 27.6. The van der Waals surface area contributed by atoms with Crippen LogP contribution in [0, 0.1) is 11.3 Å². The Balaban J connectivity index is 1.07. The van der Waals surface area contributed by atoms with E-state index in [2.05, 4.69) is 58.1 Å². The van der Waals surface area contributed by atoms with Crippen molar-refractivity contribution in [1.29, 1.82) is 5.41 Å². The molecule has 20 N–H and O–H groups in total. The van der Waals surface area contributed by atoms with E-state index >= 15 is 9.59 Å². The number of rotatable bonds is 38. The lowest BCUT2D eigenvalue weighted by atomic mass is 9.99. The molecular weight excluding hydrogens is 1420 g/mol. The molecule has 2 saturated heterocycles. The number of amides is 12. The van der Waals surface area contributed by atoms with Crippen molar-refractivity contribution in [2.45, 2.75) is 152 Å². The fourth-order valence-electron chi connectivity index (χ4n) is 12.9. The Kier molecular flexibility index (Phi) is 31.7. The number of carbonyl (C=O) groups excluding carboxylic acids is 11. The van der Waals surface area contributed by atoms with Crippen molar-refractivity contribution in [3.63, 3.8) is 0 Å². The first kappa shape index (κ1) is 83.6. The summed E-state index contributed by atoms with van der Waals surface area (Å²) < 4.78 is 5.55. The van der Waals surface area contributed by atoms with Crippen molar-refractivity contribution in [3.05, 3.63) is 184 Å². The molecule has 8 rings (SSSR count). The maximum Gasteiger partial charge on any atom is 0.316 e. The Labute approximate surface area is 637 Å². The summed E-state index contributed by atoms with van der Waals surface area (Å²) in [7, 11) is 0. The van der Waals surface area contributed by atoms with E-state index < -0.39 is 132 Å². The molecule has 0 aromatic heterocycles. The van der Waals surface area contributed by atoms with Crippen LogP contribution in [-0.4, -0.2) is 192 Å². The van der Waals surface area contributed by atoms with Crippen LogP contribution >= 0.6 is 11.6 Å². The molecule has 6 aromatic rings. The number of likely N-dealkylation sites (tertiary alicyclic amines) is 1. The van der Waals surface area contributed by atoms with E-state index in [-0.39, 0.29) is 88.4 Å². The molecule has 10 atom stereocenters. The number of benzene rings is 6. The highest BCUT2D eigenvalue weighted by molar-refractivity contribution is 6.30. The number of hydrogen-bond acceptors (Lipinski definition) is 16.